The van der Waals surface area contributed by atoms with Gasteiger partial charge in [0, 0.05) is 35.6 Å². The van der Waals surface area contributed by atoms with Gasteiger partial charge in [0.1, 0.15) is 5.78 Å². The van der Waals surface area contributed by atoms with E-state index in [4.69, 9.17) is 0 Å². The van der Waals surface area contributed by atoms with E-state index in [1.165, 1.54) is 0 Å². The quantitative estimate of drug-likeness (QED) is 0.227. The molecular formula is C27H38Br2N2O. The third-order valence-electron chi connectivity index (χ3n) is 4.12. The lowest BCUT2D eigenvalue weighted by molar-refractivity contribution is -0.119. The SMILES string of the molecule is C=CCN(C)C.C=CCN(C)C.O=C(CC(Br)c1ccccc1)CC(Br)c1ccccc1. The zero-order valence-electron chi connectivity index (χ0n) is 19.9. The monoisotopic (exact) mass is 564 g/mol. The maximum atomic E-state index is 12.2. The number of hydrogen-bond donors (Lipinski definition) is 0. The number of likely N-dealkylation sites (N-methyl/N-ethyl adjacent to an activating group) is 2. The molecule has 0 aliphatic carbocycles. The standard InChI is InChI=1S/C17H16Br2O.2C5H11N/c18-16(13-7-3-1-4-8-13)11-15(20)12-17(19)14-9-5-2-6-10-14;2*1-4-5-6(2)3/h1-10,16-17H,11-12H2;2*4H,1,5H2,2-3H3. The second-order valence-corrected chi connectivity index (χ2v) is 10.0. The third kappa shape index (κ3) is 16.2. The van der Waals surface area contributed by atoms with Crippen LogP contribution in [-0.4, -0.2) is 56.9 Å². The molecule has 2 atom stereocenters. The van der Waals surface area contributed by atoms with E-state index in [0.29, 0.717) is 12.8 Å². The second-order valence-electron chi connectivity index (χ2n) is 7.81. The number of alkyl halides is 2. The normalized spacial score (nSPS) is 12.0. The first-order valence-corrected chi connectivity index (χ1v) is 12.4. The molecule has 176 valence electrons. The Morgan fingerprint density at radius 2 is 1.06 bits per heavy atom. The maximum Gasteiger partial charge on any atom is 0.135 e. The van der Waals surface area contributed by atoms with Gasteiger partial charge >= 0.3 is 0 Å². The van der Waals surface area contributed by atoms with Crippen molar-refractivity contribution in [1.82, 2.24) is 9.80 Å². The molecule has 0 heterocycles. The number of halogens is 2. The summed E-state index contributed by atoms with van der Waals surface area (Å²) in [6, 6.07) is 20.1. The Morgan fingerprint density at radius 1 is 0.750 bits per heavy atom. The van der Waals surface area contributed by atoms with Gasteiger partial charge in [-0.2, -0.15) is 0 Å². The van der Waals surface area contributed by atoms with E-state index in [2.05, 4.69) is 54.8 Å². The van der Waals surface area contributed by atoms with Crippen molar-refractivity contribution >= 4 is 37.6 Å². The van der Waals surface area contributed by atoms with Crippen molar-refractivity contribution < 1.29 is 4.79 Å². The summed E-state index contributed by atoms with van der Waals surface area (Å²) >= 11 is 7.19. The second kappa shape index (κ2) is 19.0. The van der Waals surface area contributed by atoms with Crippen molar-refractivity contribution in [3.8, 4) is 0 Å². The van der Waals surface area contributed by atoms with Crippen molar-refractivity contribution in [2.45, 2.75) is 22.5 Å². The number of carbonyl (C=O) groups is 1. The van der Waals surface area contributed by atoms with Gasteiger partial charge in [-0.05, 0) is 39.3 Å². The highest BCUT2D eigenvalue weighted by molar-refractivity contribution is 9.09. The fourth-order valence-corrected chi connectivity index (χ4v) is 3.89. The van der Waals surface area contributed by atoms with Gasteiger partial charge in [0.05, 0.1) is 0 Å². The lowest BCUT2D eigenvalue weighted by Crippen LogP contribution is -2.09. The van der Waals surface area contributed by atoms with Gasteiger partial charge in [-0.1, -0.05) is 105 Å². The smallest absolute Gasteiger partial charge is 0.135 e. The van der Waals surface area contributed by atoms with Crippen LogP contribution in [0.3, 0.4) is 0 Å². The molecule has 0 fully saturated rings. The van der Waals surface area contributed by atoms with Gasteiger partial charge in [-0.15, -0.1) is 13.2 Å². The summed E-state index contributed by atoms with van der Waals surface area (Å²) in [4.78, 5) is 16.5. The minimum absolute atomic E-state index is 0.0895. The Morgan fingerprint density at radius 3 is 1.28 bits per heavy atom. The van der Waals surface area contributed by atoms with Crippen molar-refractivity contribution in [1.29, 1.82) is 0 Å². The first-order valence-electron chi connectivity index (χ1n) is 10.6. The van der Waals surface area contributed by atoms with Gasteiger partial charge in [-0.25, -0.2) is 0 Å². The number of rotatable bonds is 10. The van der Waals surface area contributed by atoms with Crippen molar-refractivity contribution in [3.63, 3.8) is 0 Å². The van der Waals surface area contributed by atoms with E-state index in [9.17, 15) is 4.79 Å². The largest absolute Gasteiger partial charge is 0.306 e. The van der Waals surface area contributed by atoms with Crippen LogP contribution in [-0.2, 0) is 4.79 Å². The molecule has 2 unspecified atom stereocenters. The summed E-state index contributed by atoms with van der Waals surface area (Å²) < 4.78 is 0. The van der Waals surface area contributed by atoms with Crippen LogP contribution in [0.5, 0.6) is 0 Å². The number of ketones is 1. The van der Waals surface area contributed by atoms with E-state index in [1.807, 2.05) is 101 Å². The van der Waals surface area contributed by atoms with Crippen LogP contribution in [0, 0.1) is 0 Å². The van der Waals surface area contributed by atoms with Crippen LogP contribution < -0.4 is 0 Å². The fourth-order valence-electron chi connectivity index (χ4n) is 2.56. The lowest BCUT2D eigenvalue weighted by atomic mass is 10.0. The van der Waals surface area contributed by atoms with Gasteiger partial charge in [0.15, 0.2) is 0 Å². The molecule has 0 spiro atoms. The number of nitrogens with zero attached hydrogens (tertiary/aromatic N) is 2. The Balaban J connectivity index is 0.000000662. The molecule has 0 aliphatic rings. The van der Waals surface area contributed by atoms with Gasteiger partial charge in [-0.3, -0.25) is 4.79 Å². The third-order valence-corrected chi connectivity index (χ3v) is 5.83. The van der Waals surface area contributed by atoms with Crippen LogP contribution in [0.4, 0.5) is 0 Å². The van der Waals surface area contributed by atoms with Gasteiger partial charge in [0.2, 0.25) is 0 Å². The molecule has 0 N–H and O–H groups in total. The number of benzene rings is 2. The molecule has 0 radical (unpaired) electrons. The average Bonchev–Trinajstić information content (AvgIpc) is 2.75. The molecule has 0 saturated heterocycles. The van der Waals surface area contributed by atoms with Crippen molar-refractivity contribution in [2.75, 3.05) is 41.3 Å². The molecule has 2 aromatic rings. The van der Waals surface area contributed by atoms with Gasteiger partial charge < -0.3 is 9.80 Å². The van der Waals surface area contributed by atoms with Crippen LogP contribution >= 0.6 is 31.9 Å². The first kappa shape index (κ1) is 30.5. The summed E-state index contributed by atoms with van der Waals surface area (Å²) in [5.74, 6) is 0.251. The van der Waals surface area contributed by atoms with Crippen molar-refractivity contribution in [2.24, 2.45) is 0 Å². The van der Waals surface area contributed by atoms with E-state index in [1.54, 1.807) is 0 Å². The fraction of sp³-hybridized carbons (Fsp3) is 0.370. The molecule has 5 heteroatoms. The number of hydrogen-bond acceptors (Lipinski definition) is 3. The van der Waals surface area contributed by atoms with Crippen LogP contribution in [0.15, 0.2) is 86.0 Å². The molecule has 32 heavy (non-hydrogen) atoms. The number of Topliss-reactive ketones (excluding diaryl/α,β-unsaturated/α-hetero) is 1. The summed E-state index contributed by atoms with van der Waals surface area (Å²) in [5.41, 5.74) is 2.29. The maximum absolute atomic E-state index is 12.2. The highest BCUT2D eigenvalue weighted by Gasteiger charge is 2.17. The predicted molar refractivity (Wildman–Crippen MR) is 148 cm³/mol. The van der Waals surface area contributed by atoms with Crippen LogP contribution in [0.1, 0.15) is 33.6 Å². The molecule has 0 aliphatic heterocycles. The summed E-state index contributed by atoms with van der Waals surface area (Å²) in [7, 11) is 8.06. The van der Waals surface area contributed by atoms with E-state index in [-0.39, 0.29) is 15.4 Å². The van der Waals surface area contributed by atoms with E-state index < -0.39 is 0 Å². The van der Waals surface area contributed by atoms with E-state index in [0.717, 1.165) is 24.2 Å². The Labute approximate surface area is 212 Å². The Hall–Kier alpha value is -1.53. The molecule has 0 saturated carbocycles. The highest BCUT2D eigenvalue weighted by atomic mass is 79.9. The first-order chi connectivity index (χ1) is 15.2. The molecule has 0 amide bonds. The highest BCUT2D eigenvalue weighted by Crippen LogP contribution is 2.31. The average molecular weight is 566 g/mol. The zero-order valence-corrected chi connectivity index (χ0v) is 23.1. The van der Waals surface area contributed by atoms with Crippen LogP contribution in [0.2, 0.25) is 0 Å². The predicted octanol–water partition coefficient (Wildman–Crippen LogP) is 7.08. The minimum Gasteiger partial charge on any atom is -0.306 e. The Kier molecular flexibility index (Phi) is 18.1. The van der Waals surface area contributed by atoms with Crippen molar-refractivity contribution in [3.05, 3.63) is 97.1 Å². The topological polar surface area (TPSA) is 23.6 Å². The van der Waals surface area contributed by atoms with Crippen LogP contribution in [0.25, 0.3) is 0 Å². The Bertz CT molecular complexity index is 685. The molecule has 2 aromatic carbocycles. The summed E-state index contributed by atoms with van der Waals surface area (Å²) in [5, 5.41) is 0. The summed E-state index contributed by atoms with van der Waals surface area (Å²) in [6.45, 7) is 9.06. The summed E-state index contributed by atoms with van der Waals surface area (Å²) in [6.07, 6.45) is 4.78. The lowest BCUT2D eigenvalue weighted by Gasteiger charge is -2.12. The molecule has 0 aromatic heterocycles. The van der Waals surface area contributed by atoms with Gasteiger partial charge in [0.25, 0.3) is 0 Å². The number of carbonyl (C=O) groups excluding carboxylic acids is 1. The minimum atomic E-state index is 0.0895. The van der Waals surface area contributed by atoms with E-state index >= 15 is 0 Å². The zero-order chi connectivity index (χ0) is 24.4. The molecule has 3 nitrogen and oxygen atoms in total. The molecule has 2 rings (SSSR count). The molecular weight excluding hydrogens is 528 g/mol. The molecule has 0 bridgehead atoms.